The molecular formula is C16H26F3IN4OS. The van der Waals surface area contributed by atoms with E-state index in [1.54, 1.807) is 0 Å². The lowest BCUT2D eigenvalue weighted by molar-refractivity contribution is -0.140. The standard InChI is InChI=1S/C16H25F3N4OS.HI/c1-3-20-14(22-10-15(2)7-5-4-6-12(15)24)21-8-13-23-11(9-25-13)16(17,18)19;/h9,12,24H,3-8,10H2,1-2H3,(H2,20,21,22);1H. The number of hydrogen-bond donors (Lipinski definition) is 3. The van der Waals surface area contributed by atoms with Gasteiger partial charge in [-0.25, -0.2) is 9.98 Å². The molecule has 0 radical (unpaired) electrons. The van der Waals surface area contributed by atoms with Crippen molar-refractivity contribution in [3.8, 4) is 0 Å². The van der Waals surface area contributed by atoms with Gasteiger partial charge in [-0.05, 0) is 19.8 Å². The van der Waals surface area contributed by atoms with Gasteiger partial charge in [0.25, 0.3) is 0 Å². The van der Waals surface area contributed by atoms with E-state index in [-0.39, 0.29) is 42.0 Å². The third-order valence-corrected chi connectivity index (χ3v) is 5.33. The number of aliphatic imine (C=N–C) groups is 1. The first-order valence-corrected chi connectivity index (χ1v) is 9.34. The molecule has 3 N–H and O–H groups in total. The molecule has 0 bridgehead atoms. The summed E-state index contributed by atoms with van der Waals surface area (Å²) in [5.41, 5.74) is -1.10. The number of aliphatic hydroxyl groups excluding tert-OH is 1. The monoisotopic (exact) mass is 506 g/mol. The van der Waals surface area contributed by atoms with Crippen LogP contribution < -0.4 is 10.6 Å². The molecule has 1 aliphatic carbocycles. The van der Waals surface area contributed by atoms with Crippen LogP contribution in [0.15, 0.2) is 10.4 Å². The number of rotatable bonds is 5. The molecule has 0 spiro atoms. The summed E-state index contributed by atoms with van der Waals surface area (Å²) in [6.45, 7) is 5.24. The Morgan fingerprint density at radius 3 is 2.73 bits per heavy atom. The van der Waals surface area contributed by atoms with Crippen LogP contribution in [0, 0.1) is 5.41 Å². The normalized spacial score (nSPS) is 24.1. The average Bonchev–Trinajstić information content (AvgIpc) is 3.02. The van der Waals surface area contributed by atoms with Gasteiger partial charge < -0.3 is 15.7 Å². The summed E-state index contributed by atoms with van der Waals surface area (Å²) in [6.07, 6.45) is -0.927. The zero-order valence-corrected chi connectivity index (χ0v) is 18.0. The summed E-state index contributed by atoms with van der Waals surface area (Å²) in [5.74, 6) is 0.519. The molecule has 0 amide bonds. The van der Waals surface area contributed by atoms with Gasteiger partial charge in [0.05, 0.1) is 12.6 Å². The largest absolute Gasteiger partial charge is 0.434 e. The predicted octanol–water partition coefficient (Wildman–Crippen LogP) is 3.78. The number of halogens is 4. The van der Waals surface area contributed by atoms with Gasteiger partial charge in [-0.1, -0.05) is 19.8 Å². The van der Waals surface area contributed by atoms with E-state index in [0.717, 1.165) is 42.4 Å². The van der Waals surface area contributed by atoms with Crippen molar-refractivity contribution in [2.24, 2.45) is 10.4 Å². The zero-order chi connectivity index (χ0) is 18.5. The molecule has 0 saturated heterocycles. The number of aromatic nitrogens is 1. The molecule has 26 heavy (non-hydrogen) atoms. The molecule has 5 nitrogen and oxygen atoms in total. The van der Waals surface area contributed by atoms with E-state index in [4.69, 9.17) is 0 Å². The Morgan fingerprint density at radius 2 is 2.15 bits per heavy atom. The third kappa shape index (κ3) is 6.52. The molecule has 0 aliphatic heterocycles. The van der Waals surface area contributed by atoms with Gasteiger partial charge in [0.2, 0.25) is 0 Å². The Hall–Kier alpha value is -0.620. The molecule has 1 heterocycles. The van der Waals surface area contributed by atoms with Crippen molar-refractivity contribution in [1.29, 1.82) is 0 Å². The first-order valence-electron chi connectivity index (χ1n) is 8.46. The zero-order valence-electron chi connectivity index (χ0n) is 14.9. The van der Waals surface area contributed by atoms with Crippen molar-refractivity contribution >= 4 is 41.3 Å². The molecule has 2 atom stereocenters. The fourth-order valence-corrected chi connectivity index (χ4v) is 3.60. The fourth-order valence-electron chi connectivity index (χ4n) is 2.88. The van der Waals surface area contributed by atoms with Gasteiger partial charge in [0.15, 0.2) is 11.7 Å². The van der Waals surface area contributed by atoms with Gasteiger partial charge in [-0.15, -0.1) is 35.3 Å². The van der Waals surface area contributed by atoms with Crippen LogP contribution >= 0.6 is 35.3 Å². The Bertz CT molecular complexity index is 596. The number of nitrogens with one attached hydrogen (secondary N) is 2. The molecule has 0 aromatic carbocycles. The van der Waals surface area contributed by atoms with Gasteiger partial charge in [0.1, 0.15) is 5.01 Å². The van der Waals surface area contributed by atoms with Crippen LogP contribution in [-0.4, -0.2) is 35.2 Å². The maximum atomic E-state index is 12.6. The minimum Gasteiger partial charge on any atom is -0.392 e. The number of thiazole rings is 1. The Balaban J connectivity index is 0.00000338. The van der Waals surface area contributed by atoms with E-state index in [2.05, 4.69) is 20.6 Å². The second-order valence-corrected chi connectivity index (χ2v) is 7.53. The lowest BCUT2D eigenvalue weighted by Gasteiger charge is -2.38. The molecule has 10 heteroatoms. The second kappa shape index (κ2) is 10.1. The summed E-state index contributed by atoms with van der Waals surface area (Å²) in [5, 5.41) is 17.8. The van der Waals surface area contributed by atoms with E-state index in [0.29, 0.717) is 24.1 Å². The molecule has 150 valence electrons. The molecular weight excluding hydrogens is 480 g/mol. The maximum Gasteiger partial charge on any atom is 0.434 e. The number of nitrogens with zero attached hydrogens (tertiary/aromatic N) is 2. The third-order valence-electron chi connectivity index (χ3n) is 4.50. The van der Waals surface area contributed by atoms with Gasteiger partial charge in [-0.3, -0.25) is 0 Å². The van der Waals surface area contributed by atoms with Crippen molar-refractivity contribution in [1.82, 2.24) is 15.6 Å². The predicted molar refractivity (Wildman–Crippen MR) is 108 cm³/mol. The van der Waals surface area contributed by atoms with E-state index >= 15 is 0 Å². The number of hydrogen-bond acceptors (Lipinski definition) is 4. The lowest BCUT2D eigenvalue weighted by Crippen LogP contribution is -2.48. The van der Waals surface area contributed by atoms with Crippen molar-refractivity contribution < 1.29 is 18.3 Å². The van der Waals surface area contributed by atoms with Crippen LogP contribution in [0.3, 0.4) is 0 Å². The topological polar surface area (TPSA) is 69.5 Å². The Labute approximate surface area is 172 Å². The van der Waals surface area contributed by atoms with Crippen molar-refractivity contribution in [3.63, 3.8) is 0 Å². The Morgan fingerprint density at radius 1 is 1.42 bits per heavy atom. The highest BCUT2D eigenvalue weighted by Crippen LogP contribution is 2.35. The van der Waals surface area contributed by atoms with E-state index in [9.17, 15) is 18.3 Å². The van der Waals surface area contributed by atoms with Crippen molar-refractivity contribution in [3.05, 3.63) is 16.1 Å². The quantitative estimate of drug-likeness (QED) is 0.323. The van der Waals surface area contributed by atoms with E-state index in [1.165, 1.54) is 0 Å². The highest BCUT2D eigenvalue weighted by atomic mass is 127. The summed E-state index contributed by atoms with van der Waals surface area (Å²) in [7, 11) is 0. The summed E-state index contributed by atoms with van der Waals surface area (Å²) in [4.78, 5) is 7.89. The first-order chi connectivity index (χ1) is 11.7. The average molecular weight is 506 g/mol. The molecule has 1 fully saturated rings. The van der Waals surface area contributed by atoms with Gasteiger partial charge >= 0.3 is 6.18 Å². The Kier molecular flexibility index (Phi) is 9.07. The van der Waals surface area contributed by atoms with Gasteiger partial charge in [-0.2, -0.15) is 13.2 Å². The van der Waals surface area contributed by atoms with Crippen molar-refractivity contribution in [2.45, 2.75) is 58.4 Å². The molecule has 2 rings (SSSR count). The molecule has 2 unspecified atom stereocenters. The van der Waals surface area contributed by atoms with Crippen LogP contribution in [0.2, 0.25) is 0 Å². The molecule has 1 saturated carbocycles. The van der Waals surface area contributed by atoms with Crippen LogP contribution in [0.4, 0.5) is 13.2 Å². The number of guanidine groups is 1. The van der Waals surface area contributed by atoms with E-state index < -0.39 is 11.9 Å². The second-order valence-electron chi connectivity index (χ2n) is 6.59. The van der Waals surface area contributed by atoms with Crippen LogP contribution in [0.1, 0.15) is 50.2 Å². The highest BCUT2D eigenvalue weighted by molar-refractivity contribution is 14.0. The summed E-state index contributed by atoms with van der Waals surface area (Å²) < 4.78 is 37.8. The van der Waals surface area contributed by atoms with E-state index in [1.807, 2.05) is 13.8 Å². The summed E-state index contributed by atoms with van der Waals surface area (Å²) >= 11 is 0.949. The van der Waals surface area contributed by atoms with Crippen LogP contribution in [0.5, 0.6) is 0 Å². The lowest BCUT2D eigenvalue weighted by atomic mass is 9.73. The minimum atomic E-state index is -4.42. The van der Waals surface area contributed by atoms with Gasteiger partial charge in [0, 0.05) is 23.9 Å². The molecule has 1 aromatic rings. The SMILES string of the molecule is CCNC(=NCc1nc(C(F)(F)F)cs1)NCC1(C)CCCCC1O.I. The van der Waals surface area contributed by atoms with Crippen LogP contribution in [-0.2, 0) is 12.7 Å². The minimum absolute atomic E-state index is 0. The van der Waals surface area contributed by atoms with Crippen molar-refractivity contribution in [2.75, 3.05) is 13.1 Å². The summed E-state index contributed by atoms with van der Waals surface area (Å²) in [6, 6.07) is 0. The van der Waals surface area contributed by atoms with Crippen LogP contribution in [0.25, 0.3) is 0 Å². The smallest absolute Gasteiger partial charge is 0.392 e. The number of alkyl halides is 3. The highest BCUT2D eigenvalue weighted by Gasteiger charge is 2.35. The molecule has 1 aliphatic rings. The number of aliphatic hydroxyl groups is 1. The fraction of sp³-hybridized carbons (Fsp3) is 0.750. The maximum absolute atomic E-state index is 12.6. The molecule has 1 aromatic heterocycles. The first kappa shape index (κ1) is 23.4.